The number of carbonyl (C=O) groups is 1. The fourth-order valence-electron chi connectivity index (χ4n) is 2.23. The van der Waals surface area contributed by atoms with Crippen molar-refractivity contribution in [3.63, 3.8) is 0 Å². The van der Waals surface area contributed by atoms with Crippen LogP contribution in [0.1, 0.15) is 26.7 Å². The highest BCUT2D eigenvalue weighted by molar-refractivity contribution is 7.90. The summed E-state index contributed by atoms with van der Waals surface area (Å²) in [7, 11) is -3.19. The minimum atomic E-state index is -3.19. The van der Waals surface area contributed by atoms with Crippen LogP contribution in [0.5, 0.6) is 0 Å². The summed E-state index contributed by atoms with van der Waals surface area (Å²) < 4.78 is 22.7. The molecule has 0 aliphatic carbocycles. The Morgan fingerprint density at radius 2 is 1.81 bits per heavy atom. The summed E-state index contributed by atoms with van der Waals surface area (Å²) >= 11 is 0. The van der Waals surface area contributed by atoms with Crippen LogP contribution in [-0.2, 0) is 14.6 Å². The third kappa shape index (κ3) is 6.62. The van der Waals surface area contributed by atoms with Crippen LogP contribution < -0.4 is 5.32 Å². The number of carboxylic acids is 1. The Kier molecular flexibility index (Phi) is 6.20. The fraction of sp³-hybridized carbons (Fsp3) is 0.533. The van der Waals surface area contributed by atoms with E-state index in [1.54, 1.807) is 24.3 Å². The Bertz CT molecular complexity index is 564. The Morgan fingerprint density at radius 3 is 2.24 bits per heavy atom. The monoisotopic (exact) mass is 313 g/mol. The minimum Gasteiger partial charge on any atom is -0.481 e. The van der Waals surface area contributed by atoms with Gasteiger partial charge in [-0.25, -0.2) is 8.42 Å². The van der Waals surface area contributed by atoms with Gasteiger partial charge in [0, 0.05) is 24.9 Å². The second-order valence-electron chi connectivity index (χ2n) is 5.77. The smallest absolute Gasteiger partial charge is 0.303 e. The van der Waals surface area contributed by atoms with Crippen LogP contribution in [0.2, 0.25) is 0 Å². The van der Waals surface area contributed by atoms with Gasteiger partial charge in [-0.15, -0.1) is 0 Å². The van der Waals surface area contributed by atoms with E-state index in [-0.39, 0.29) is 17.2 Å². The van der Waals surface area contributed by atoms with Crippen LogP contribution in [0.4, 0.5) is 5.69 Å². The third-order valence-electron chi connectivity index (χ3n) is 3.15. The highest BCUT2D eigenvalue weighted by atomic mass is 32.2. The van der Waals surface area contributed by atoms with Crippen molar-refractivity contribution in [3.8, 4) is 0 Å². The SMILES string of the molecule is CC(C)CC(CNc1ccc(S(C)(=O)=O)cc1)CC(=O)O. The second kappa shape index (κ2) is 7.45. The predicted molar refractivity (Wildman–Crippen MR) is 83.2 cm³/mol. The molecule has 5 nitrogen and oxygen atoms in total. The van der Waals surface area contributed by atoms with Crippen LogP contribution >= 0.6 is 0 Å². The molecule has 0 fully saturated rings. The number of sulfone groups is 1. The molecule has 1 atom stereocenters. The number of hydrogen-bond donors (Lipinski definition) is 2. The van der Waals surface area contributed by atoms with E-state index in [2.05, 4.69) is 19.2 Å². The zero-order valence-electron chi connectivity index (χ0n) is 12.7. The van der Waals surface area contributed by atoms with E-state index in [9.17, 15) is 13.2 Å². The van der Waals surface area contributed by atoms with Gasteiger partial charge < -0.3 is 10.4 Å². The van der Waals surface area contributed by atoms with Gasteiger partial charge in [0.2, 0.25) is 0 Å². The van der Waals surface area contributed by atoms with Crippen molar-refractivity contribution < 1.29 is 18.3 Å². The van der Waals surface area contributed by atoms with E-state index in [0.29, 0.717) is 12.5 Å². The summed E-state index contributed by atoms with van der Waals surface area (Å²) in [5.41, 5.74) is 0.793. The number of anilines is 1. The lowest BCUT2D eigenvalue weighted by Gasteiger charge is -2.18. The zero-order valence-corrected chi connectivity index (χ0v) is 13.5. The van der Waals surface area contributed by atoms with Gasteiger partial charge in [-0.3, -0.25) is 4.79 Å². The van der Waals surface area contributed by atoms with Crippen LogP contribution in [-0.4, -0.2) is 32.3 Å². The van der Waals surface area contributed by atoms with Gasteiger partial charge in [-0.2, -0.15) is 0 Å². The largest absolute Gasteiger partial charge is 0.481 e. The molecular formula is C15H23NO4S. The lowest BCUT2D eigenvalue weighted by Crippen LogP contribution is -2.19. The second-order valence-corrected chi connectivity index (χ2v) is 7.79. The molecule has 1 unspecified atom stereocenters. The molecule has 118 valence electrons. The number of aliphatic carboxylic acids is 1. The molecule has 0 saturated carbocycles. The first-order chi connectivity index (χ1) is 9.68. The summed E-state index contributed by atoms with van der Waals surface area (Å²) in [6.07, 6.45) is 2.13. The summed E-state index contributed by atoms with van der Waals surface area (Å²) in [5, 5.41) is 12.1. The molecule has 0 amide bonds. The number of carboxylic acid groups (broad SMARTS) is 1. The van der Waals surface area contributed by atoms with Gasteiger partial charge >= 0.3 is 5.97 Å². The highest BCUT2D eigenvalue weighted by Crippen LogP contribution is 2.18. The van der Waals surface area contributed by atoms with Gasteiger partial charge in [-0.1, -0.05) is 13.8 Å². The summed E-state index contributed by atoms with van der Waals surface area (Å²) in [6.45, 7) is 4.69. The summed E-state index contributed by atoms with van der Waals surface area (Å²) in [5.74, 6) is -0.310. The fourth-order valence-corrected chi connectivity index (χ4v) is 2.87. The summed E-state index contributed by atoms with van der Waals surface area (Å²) in [6, 6.07) is 6.49. The van der Waals surface area contributed by atoms with Crippen LogP contribution in [0.25, 0.3) is 0 Å². The molecule has 1 aromatic rings. The molecule has 0 heterocycles. The Morgan fingerprint density at radius 1 is 1.24 bits per heavy atom. The lowest BCUT2D eigenvalue weighted by atomic mass is 9.94. The zero-order chi connectivity index (χ0) is 16.0. The van der Waals surface area contributed by atoms with Crippen molar-refractivity contribution >= 4 is 21.5 Å². The van der Waals surface area contributed by atoms with Gasteiger partial charge in [0.05, 0.1) is 4.90 Å². The molecule has 0 aromatic heterocycles. The molecule has 6 heteroatoms. The molecule has 0 spiro atoms. The van der Waals surface area contributed by atoms with E-state index in [1.165, 1.54) is 6.26 Å². The first-order valence-corrected chi connectivity index (χ1v) is 8.83. The van der Waals surface area contributed by atoms with Crippen molar-refractivity contribution in [2.75, 3.05) is 18.1 Å². The van der Waals surface area contributed by atoms with Crippen LogP contribution in [0.3, 0.4) is 0 Å². The lowest BCUT2D eigenvalue weighted by molar-refractivity contribution is -0.138. The Labute approximate surface area is 126 Å². The first-order valence-electron chi connectivity index (χ1n) is 6.94. The quantitative estimate of drug-likeness (QED) is 0.771. The average Bonchev–Trinajstić information content (AvgIpc) is 2.34. The molecule has 0 bridgehead atoms. The number of rotatable bonds is 8. The molecule has 0 aliphatic heterocycles. The minimum absolute atomic E-state index is 0.0529. The maximum atomic E-state index is 11.4. The van der Waals surface area contributed by atoms with Crippen molar-refractivity contribution in [2.24, 2.45) is 11.8 Å². The third-order valence-corrected chi connectivity index (χ3v) is 4.27. The molecule has 0 aliphatic rings. The van der Waals surface area contributed by atoms with Crippen LogP contribution in [0, 0.1) is 11.8 Å². The van der Waals surface area contributed by atoms with E-state index >= 15 is 0 Å². The molecule has 0 radical (unpaired) electrons. The van der Waals surface area contributed by atoms with Gasteiger partial charge in [0.15, 0.2) is 9.84 Å². The Balaban J connectivity index is 2.65. The number of nitrogens with one attached hydrogen (secondary N) is 1. The normalized spacial score (nSPS) is 13.1. The molecule has 2 N–H and O–H groups in total. The van der Waals surface area contributed by atoms with Crippen molar-refractivity contribution in [3.05, 3.63) is 24.3 Å². The average molecular weight is 313 g/mol. The Hall–Kier alpha value is -1.56. The van der Waals surface area contributed by atoms with Crippen LogP contribution in [0.15, 0.2) is 29.2 Å². The van der Waals surface area contributed by atoms with E-state index < -0.39 is 15.8 Å². The van der Waals surface area contributed by atoms with E-state index in [4.69, 9.17) is 5.11 Å². The first kappa shape index (κ1) is 17.5. The standard InChI is InChI=1S/C15H23NO4S/c1-11(2)8-12(9-15(17)18)10-16-13-4-6-14(7-5-13)21(3,19)20/h4-7,11-12,16H,8-10H2,1-3H3,(H,17,18). The molecule has 1 aromatic carbocycles. The molecule has 1 rings (SSSR count). The molecule has 0 saturated heterocycles. The van der Waals surface area contributed by atoms with Crippen molar-refractivity contribution in [1.29, 1.82) is 0 Å². The van der Waals surface area contributed by atoms with E-state index in [0.717, 1.165) is 12.1 Å². The van der Waals surface area contributed by atoms with Crippen molar-refractivity contribution in [2.45, 2.75) is 31.6 Å². The van der Waals surface area contributed by atoms with Gasteiger partial charge in [0.25, 0.3) is 0 Å². The topological polar surface area (TPSA) is 83.5 Å². The maximum Gasteiger partial charge on any atom is 0.303 e. The molecule has 21 heavy (non-hydrogen) atoms. The maximum absolute atomic E-state index is 11.4. The van der Waals surface area contributed by atoms with Gasteiger partial charge in [-0.05, 0) is 42.5 Å². The highest BCUT2D eigenvalue weighted by Gasteiger charge is 2.15. The van der Waals surface area contributed by atoms with Crippen molar-refractivity contribution in [1.82, 2.24) is 0 Å². The van der Waals surface area contributed by atoms with Gasteiger partial charge in [0.1, 0.15) is 0 Å². The number of benzene rings is 1. The molecular weight excluding hydrogens is 290 g/mol. The number of hydrogen-bond acceptors (Lipinski definition) is 4. The predicted octanol–water partition coefficient (Wildman–Crippen LogP) is 2.64. The van der Waals surface area contributed by atoms with E-state index in [1.807, 2.05) is 0 Å². The summed E-state index contributed by atoms with van der Waals surface area (Å²) in [4.78, 5) is 11.1.